The molecule has 0 saturated heterocycles. The zero-order valence-electron chi connectivity index (χ0n) is 15.4. The standard InChI is InChI=1S/C20H25ClO4/c1-13(2)7-6-9-20(4)10-8-15-18(24-12-23-5)16(11-22)14(3)17(21)19(15)25-20/h7-8,10-11H,6,9,12H2,1-5H3. The maximum absolute atomic E-state index is 11.5. The molecule has 2 rings (SSSR count). The van der Waals surface area contributed by atoms with Crippen molar-refractivity contribution in [2.75, 3.05) is 13.9 Å². The van der Waals surface area contributed by atoms with E-state index in [1.807, 2.05) is 19.1 Å². The van der Waals surface area contributed by atoms with Gasteiger partial charge in [-0.3, -0.25) is 4.79 Å². The van der Waals surface area contributed by atoms with Gasteiger partial charge in [0.05, 0.1) is 16.1 Å². The summed E-state index contributed by atoms with van der Waals surface area (Å²) in [6.45, 7) is 8.01. The van der Waals surface area contributed by atoms with Gasteiger partial charge in [-0.15, -0.1) is 0 Å². The van der Waals surface area contributed by atoms with Crippen LogP contribution >= 0.6 is 11.6 Å². The molecular formula is C20H25ClO4. The van der Waals surface area contributed by atoms with E-state index in [2.05, 4.69) is 19.9 Å². The molecule has 4 nitrogen and oxygen atoms in total. The van der Waals surface area contributed by atoms with Crippen LogP contribution in [0.15, 0.2) is 17.7 Å². The van der Waals surface area contributed by atoms with Crippen molar-refractivity contribution in [1.29, 1.82) is 0 Å². The molecule has 0 saturated carbocycles. The van der Waals surface area contributed by atoms with Crippen LogP contribution in [-0.2, 0) is 4.74 Å². The van der Waals surface area contributed by atoms with Crippen LogP contribution in [0.5, 0.6) is 11.5 Å². The van der Waals surface area contributed by atoms with Gasteiger partial charge < -0.3 is 14.2 Å². The molecule has 1 aromatic carbocycles. The number of methoxy groups -OCH3 is 1. The van der Waals surface area contributed by atoms with Crippen LogP contribution in [0, 0.1) is 6.92 Å². The molecule has 1 unspecified atom stereocenters. The van der Waals surface area contributed by atoms with Crippen LogP contribution in [-0.4, -0.2) is 25.8 Å². The fourth-order valence-corrected chi connectivity index (χ4v) is 3.04. The molecule has 0 radical (unpaired) electrons. The Hall–Kier alpha value is -1.78. The molecule has 5 heteroatoms. The summed E-state index contributed by atoms with van der Waals surface area (Å²) in [6.07, 6.45) is 8.59. The Kier molecular flexibility index (Phi) is 6.31. The first-order valence-corrected chi connectivity index (χ1v) is 8.65. The predicted octanol–water partition coefficient (Wildman–Crippen LogP) is 5.35. The molecule has 1 heterocycles. The monoisotopic (exact) mass is 364 g/mol. The Morgan fingerprint density at radius 3 is 2.72 bits per heavy atom. The van der Waals surface area contributed by atoms with Crippen molar-refractivity contribution >= 4 is 24.0 Å². The molecule has 25 heavy (non-hydrogen) atoms. The second-order valence-corrected chi connectivity index (χ2v) is 7.04. The van der Waals surface area contributed by atoms with Crippen LogP contribution < -0.4 is 9.47 Å². The number of fused-ring (bicyclic) bond motifs is 1. The molecule has 0 N–H and O–H groups in total. The number of halogens is 1. The minimum Gasteiger partial charge on any atom is -0.481 e. The number of hydrogen-bond donors (Lipinski definition) is 0. The second-order valence-electron chi connectivity index (χ2n) is 6.66. The number of ether oxygens (including phenoxy) is 3. The highest BCUT2D eigenvalue weighted by atomic mass is 35.5. The van der Waals surface area contributed by atoms with Crippen LogP contribution in [0.25, 0.3) is 6.08 Å². The van der Waals surface area contributed by atoms with Crippen LogP contribution in [0.1, 0.15) is 55.1 Å². The minimum absolute atomic E-state index is 0.0417. The number of rotatable bonds is 7. The van der Waals surface area contributed by atoms with E-state index in [-0.39, 0.29) is 6.79 Å². The molecule has 1 aromatic rings. The van der Waals surface area contributed by atoms with E-state index in [0.717, 1.165) is 19.1 Å². The van der Waals surface area contributed by atoms with Crippen molar-refractivity contribution in [2.24, 2.45) is 0 Å². The second kappa shape index (κ2) is 8.07. The van der Waals surface area contributed by atoms with Gasteiger partial charge in [0.2, 0.25) is 0 Å². The van der Waals surface area contributed by atoms with Crippen molar-refractivity contribution in [3.63, 3.8) is 0 Å². The normalized spacial score (nSPS) is 18.3. The quantitative estimate of drug-likeness (QED) is 0.371. The number of carbonyl (C=O) groups excluding carboxylic acids is 1. The zero-order chi connectivity index (χ0) is 18.6. The molecule has 0 bridgehead atoms. The summed E-state index contributed by atoms with van der Waals surface area (Å²) in [5.41, 5.74) is 2.56. The van der Waals surface area contributed by atoms with Gasteiger partial charge in [-0.05, 0) is 58.3 Å². The summed E-state index contributed by atoms with van der Waals surface area (Å²) in [5, 5.41) is 0.444. The molecule has 0 aliphatic carbocycles. The first-order chi connectivity index (χ1) is 11.8. The van der Waals surface area contributed by atoms with E-state index >= 15 is 0 Å². The highest BCUT2D eigenvalue weighted by Gasteiger charge is 2.32. The number of aldehydes is 1. The van der Waals surface area contributed by atoms with E-state index in [9.17, 15) is 4.79 Å². The van der Waals surface area contributed by atoms with E-state index in [0.29, 0.717) is 33.2 Å². The molecule has 136 valence electrons. The van der Waals surface area contributed by atoms with Gasteiger partial charge in [0.15, 0.2) is 13.1 Å². The first-order valence-electron chi connectivity index (χ1n) is 8.27. The van der Waals surface area contributed by atoms with Gasteiger partial charge in [-0.1, -0.05) is 23.3 Å². The maximum atomic E-state index is 11.5. The van der Waals surface area contributed by atoms with Gasteiger partial charge in [0, 0.05) is 7.11 Å². The Balaban J connectivity index is 2.44. The molecule has 1 aliphatic rings. The van der Waals surface area contributed by atoms with Crippen LogP contribution in [0.2, 0.25) is 5.02 Å². The Morgan fingerprint density at radius 1 is 1.40 bits per heavy atom. The summed E-state index contributed by atoms with van der Waals surface area (Å²) in [7, 11) is 1.53. The van der Waals surface area contributed by atoms with Crippen molar-refractivity contribution in [2.45, 2.75) is 46.1 Å². The van der Waals surface area contributed by atoms with Crippen molar-refractivity contribution < 1.29 is 19.0 Å². The average Bonchev–Trinajstić information content (AvgIpc) is 2.56. The molecule has 0 fully saturated rings. The van der Waals surface area contributed by atoms with Crippen molar-refractivity contribution in [3.05, 3.63) is 39.4 Å². The third kappa shape index (κ3) is 4.25. The van der Waals surface area contributed by atoms with E-state index in [4.69, 9.17) is 25.8 Å². The average molecular weight is 365 g/mol. The summed E-state index contributed by atoms with van der Waals surface area (Å²) in [4.78, 5) is 11.5. The number of hydrogen-bond acceptors (Lipinski definition) is 4. The highest BCUT2D eigenvalue weighted by molar-refractivity contribution is 6.33. The Bertz CT molecular complexity index is 717. The smallest absolute Gasteiger partial charge is 0.188 e. The zero-order valence-corrected chi connectivity index (χ0v) is 16.2. The Labute approximate surface area is 154 Å². The van der Waals surface area contributed by atoms with Gasteiger partial charge in [0.1, 0.15) is 17.1 Å². The summed E-state index contributed by atoms with van der Waals surface area (Å²) in [5.74, 6) is 0.995. The molecule has 1 atom stereocenters. The lowest BCUT2D eigenvalue weighted by molar-refractivity contribution is 0.0495. The van der Waals surface area contributed by atoms with Crippen LogP contribution in [0.4, 0.5) is 0 Å². The van der Waals surface area contributed by atoms with E-state index in [1.165, 1.54) is 12.7 Å². The summed E-state index contributed by atoms with van der Waals surface area (Å²) < 4.78 is 16.9. The SMILES string of the molecule is COCOc1c(C=O)c(C)c(Cl)c2c1C=CC(C)(CCC=C(C)C)O2. The topological polar surface area (TPSA) is 44.8 Å². The van der Waals surface area contributed by atoms with Crippen molar-refractivity contribution in [3.8, 4) is 11.5 Å². The van der Waals surface area contributed by atoms with Gasteiger partial charge in [0.25, 0.3) is 0 Å². The third-order valence-corrected chi connectivity index (χ3v) is 4.69. The lowest BCUT2D eigenvalue weighted by atomic mass is 9.92. The summed E-state index contributed by atoms with van der Waals surface area (Å²) in [6, 6.07) is 0. The van der Waals surface area contributed by atoms with E-state index < -0.39 is 5.60 Å². The predicted molar refractivity (Wildman–Crippen MR) is 101 cm³/mol. The van der Waals surface area contributed by atoms with Gasteiger partial charge in [-0.2, -0.15) is 0 Å². The van der Waals surface area contributed by atoms with E-state index in [1.54, 1.807) is 6.92 Å². The fraction of sp³-hybridized carbons (Fsp3) is 0.450. The number of allylic oxidation sites excluding steroid dienone is 2. The minimum atomic E-state index is -0.462. The maximum Gasteiger partial charge on any atom is 0.188 e. The van der Waals surface area contributed by atoms with Gasteiger partial charge in [-0.25, -0.2) is 0 Å². The third-order valence-electron chi connectivity index (χ3n) is 4.24. The largest absolute Gasteiger partial charge is 0.481 e. The number of benzene rings is 1. The fourth-order valence-electron chi connectivity index (χ4n) is 2.80. The Morgan fingerprint density at radius 2 is 2.12 bits per heavy atom. The molecule has 0 aromatic heterocycles. The molecular weight excluding hydrogens is 340 g/mol. The molecule has 0 spiro atoms. The lowest BCUT2D eigenvalue weighted by Crippen LogP contribution is -2.32. The molecule has 1 aliphatic heterocycles. The summed E-state index contributed by atoms with van der Waals surface area (Å²) >= 11 is 6.50. The first kappa shape index (κ1) is 19.5. The van der Waals surface area contributed by atoms with Crippen molar-refractivity contribution in [1.82, 2.24) is 0 Å². The van der Waals surface area contributed by atoms with Crippen LogP contribution in [0.3, 0.4) is 0 Å². The number of carbonyl (C=O) groups is 1. The molecule has 0 amide bonds. The highest BCUT2D eigenvalue weighted by Crippen LogP contribution is 2.46. The lowest BCUT2D eigenvalue weighted by Gasteiger charge is -2.33. The van der Waals surface area contributed by atoms with Gasteiger partial charge >= 0.3 is 0 Å².